The molecule has 22 heavy (non-hydrogen) atoms. The van der Waals surface area contributed by atoms with E-state index in [2.05, 4.69) is 4.72 Å². The first-order valence-electron chi connectivity index (χ1n) is 5.78. The number of carbonyl (C=O) groups is 1. The fraction of sp³-hybridized carbons (Fsp3) is 0. The van der Waals surface area contributed by atoms with Crippen LogP contribution < -0.4 is 10.5 Å². The Kier molecular flexibility index (Phi) is 4.60. The highest BCUT2D eigenvalue weighted by molar-refractivity contribution is 7.92. The largest absolute Gasteiger partial charge is 0.366 e. The van der Waals surface area contributed by atoms with E-state index in [-0.39, 0.29) is 20.6 Å². The summed E-state index contributed by atoms with van der Waals surface area (Å²) in [4.78, 5) is 10.9. The van der Waals surface area contributed by atoms with Gasteiger partial charge in [-0.2, -0.15) is 0 Å². The van der Waals surface area contributed by atoms with Crippen molar-refractivity contribution in [2.75, 3.05) is 4.72 Å². The van der Waals surface area contributed by atoms with Gasteiger partial charge in [0.2, 0.25) is 0 Å². The molecule has 5 nitrogen and oxygen atoms in total. The number of benzene rings is 2. The van der Waals surface area contributed by atoms with Crippen molar-refractivity contribution in [3.05, 3.63) is 57.8 Å². The molecule has 0 heterocycles. The van der Waals surface area contributed by atoms with Gasteiger partial charge in [-0.05, 0) is 36.4 Å². The molecule has 2 aromatic carbocycles. The summed E-state index contributed by atoms with van der Waals surface area (Å²) in [5.41, 5.74) is 4.57. The second kappa shape index (κ2) is 6.12. The van der Waals surface area contributed by atoms with Crippen LogP contribution in [-0.4, -0.2) is 14.3 Å². The summed E-state index contributed by atoms with van der Waals surface area (Å²) >= 11 is 11.5. The monoisotopic (exact) mass is 362 g/mol. The van der Waals surface area contributed by atoms with E-state index in [1.54, 1.807) is 0 Å². The minimum atomic E-state index is -3.98. The Balaban J connectivity index is 2.38. The van der Waals surface area contributed by atoms with Crippen LogP contribution in [0.2, 0.25) is 10.0 Å². The molecule has 116 valence electrons. The number of carbonyl (C=O) groups excluding carboxylic acids is 1. The lowest BCUT2D eigenvalue weighted by Gasteiger charge is -2.10. The van der Waals surface area contributed by atoms with Crippen molar-refractivity contribution in [2.45, 2.75) is 4.90 Å². The van der Waals surface area contributed by atoms with E-state index in [0.29, 0.717) is 0 Å². The summed E-state index contributed by atoms with van der Waals surface area (Å²) in [5, 5.41) is 0.278. The van der Waals surface area contributed by atoms with Gasteiger partial charge in [-0.15, -0.1) is 0 Å². The second-order valence-corrected chi connectivity index (χ2v) is 6.74. The number of nitrogens with one attached hydrogen (secondary N) is 1. The Morgan fingerprint density at radius 1 is 1.09 bits per heavy atom. The average molecular weight is 363 g/mol. The predicted octanol–water partition coefficient (Wildman–Crippen LogP) is 3.03. The van der Waals surface area contributed by atoms with Crippen LogP contribution in [0.4, 0.5) is 10.1 Å². The minimum absolute atomic E-state index is 0.0127. The number of hydrogen-bond acceptors (Lipinski definition) is 3. The first-order valence-corrected chi connectivity index (χ1v) is 8.02. The molecule has 0 atom stereocenters. The summed E-state index contributed by atoms with van der Waals surface area (Å²) in [6, 6.07) is 6.87. The van der Waals surface area contributed by atoms with E-state index in [0.717, 1.165) is 18.2 Å². The van der Waals surface area contributed by atoms with E-state index < -0.39 is 27.3 Å². The van der Waals surface area contributed by atoms with Gasteiger partial charge < -0.3 is 5.73 Å². The third-order valence-electron chi connectivity index (χ3n) is 2.69. The Morgan fingerprint density at radius 2 is 1.77 bits per heavy atom. The van der Waals surface area contributed by atoms with Gasteiger partial charge in [-0.3, -0.25) is 9.52 Å². The van der Waals surface area contributed by atoms with E-state index in [9.17, 15) is 17.6 Å². The molecule has 1 amide bonds. The minimum Gasteiger partial charge on any atom is -0.366 e. The first kappa shape index (κ1) is 16.5. The Hall–Kier alpha value is -1.83. The average Bonchev–Trinajstić information content (AvgIpc) is 2.43. The molecule has 0 saturated heterocycles. The van der Waals surface area contributed by atoms with Crippen molar-refractivity contribution >= 4 is 44.8 Å². The van der Waals surface area contributed by atoms with Crippen LogP contribution in [0, 0.1) is 5.82 Å². The fourth-order valence-electron chi connectivity index (χ4n) is 1.64. The van der Waals surface area contributed by atoms with Gasteiger partial charge >= 0.3 is 0 Å². The standard InChI is InChI=1S/C13H9Cl2FN2O3S/c14-10-3-2-8(6-11(10)15)22(20,21)18-7-1-4-12(16)9(5-7)13(17)19/h1-6,18H,(H2,17,19). The highest BCUT2D eigenvalue weighted by atomic mass is 35.5. The number of nitrogens with two attached hydrogens (primary N) is 1. The quantitative estimate of drug-likeness (QED) is 0.875. The number of rotatable bonds is 4. The maximum absolute atomic E-state index is 13.4. The molecule has 0 saturated carbocycles. The zero-order valence-electron chi connectivity index (χ0n) is 10.8. The molecule has 0 fully saturated rings. The van der Waals surface area contributed by atoms with E-state index >= 15 is 0 Å². The van der Waals surface area contributed by atoms with Crippen LogP contribution in [0.5, 0.6) is 0 Å². The van der Waals surface area contributed by atoms with Gasteiger partial charge in [0.25, 0.3) is 15.9 Å². The molecule has 3 N–H and O–H groups in total. The third-order valence-corrected chi connectivity index (χ3v) is 4.80. The molecule has 0 aliphatic heterocycles. The highest BCUT2D eigenvalue weighted by Crippen LogP contribution is 2.26. The van der Waals surface area contributed by atoms with Crippen LogP contribution in [0.3, 0.4) is 0 Å². The van der Waals surface area contributed by atoms with E-state index in [1.165, 1.54) is 18.2 Å². The van der Waals surface area contributed by atoms with Gasteiger partial charge in [0.05, 0.1) is 20.5 Å². The van der Waals surface area contributed by atoms with E-state index in [1.807, 2.05) is 0 Å². The van der Waals surface area contributed by atoms with Crippen molar-refractivity contribution in [3.8, 4) is 0 Å². The Labute approximate surface area is 135 Å². The topological polar surface area (TPSA) is 89.3 Å². The van der Waals surface area contributed by atoms with Gasteiger partial charge in [-0.1, -0.05) is 23.2 Å². The van der Waals surface area contributed by atoms with Gasteiger partial charge in [0.1, 0.15) is 5.82 Å². The maximum atomic E-state index is 13.4. The van der Waals surface area contributed by atoms with Crippen molar-refractivity contribution in [2.24, 2.45) is 5.73 Å². The summed E-state index contributed by atoms with van der Waals surface area (Å²) < 4.78 is 40.0. The lowest BCUT2D eigenvalue weighted by atomic mass is 10.2. The molecule has 0 aromatic heterocycles. The van der Waals surface area contributed by atoms with Crippen LogP contribution >= 0.6 is 23.2 Å². The van der Waals surface area contributed by atoms with E-state index in [4.69, 9.17) is 28.9 Å². The maximum Gasteiger partial charge on any atom is 0.261 e. The summed E-state index contributed by atoms with van der Waals surface area (Å²) in [5.74, 6) is -1.85. The molecule has 2 aromatic rings. The molecule has 0 unspecified atom stereocenters. The molecule has 0 aliphatic rings. The van der Waals surface area contributed by atoms with Crippen LogP contribution in [0.1, 0.15) is 10.4 Å². The van der Waals surface area contributed by atoms with Crippen molar-refractivity contribution in [1.82, 2.24) is 0 Å². The fourth-order valence-corrected chi connectivity index (χ4v) is 3.07. The molecule has 0 radical (unpaired) electrons. The number of hydrogen-bond donors (Lipinski definition) is 2. The van der Waals surface area contributed by atoms with Crippen molar-refractivity contribution < 1.29 is 17.6 Å². The molecule has 0 bridgehead atoms. The number of anilines is 1. The second-order valence-electron chi connectivity index (χ2n) is 4.24. The van der Waals surface area contributed by atoms with Crippen LogP contribution in [-0.2, 0) is 10.0 Å². The predicted molar refractivity (Wildman–Crippen MR) is 82.2 cm³/mol. The van der Waals surface area contributed by atoms with Crippen LogP contribution in [0.15, 0.2) is 41.3 Å². The number of primary amides is 1. The van der Waals surface area contributed by atoms with Crippen molar-refractivity contribution in [1.29, 1.82) is 0 Å². The summed E-state index contributed by atoms with van der Waals surface area (Å²) in [7, 11) is -3.98. The normalized spacial score (nSPS) is 11.2. The zero-order chi connectivity index (χ0) is 16.5. The molecule has 0 spiro atoms. The number of sulfonamides is 1. The summed E-state index contributed by atoms with van der Waals surface area (Å²) in [6.45, 7) is 0. The van der Waals surface area contributed by atoms with Crippen LogP contribution in [0.25, 0.3) is 0 Å². The SMILES string of the molecule is NC(=O)c1cc(NS(=O)(=O)c2ccc(Cl)c(Cl)c2)ccc1F. The zero-order valence-corrected chi connectivity index (χ0v) is 13.1. The molecule has 0 aliphatic carbocycles. The smallest absolute Gasteiger partial charge is 0.261 e. The Bertz CT molecular complexity index is 856. The lowest BCUT2D eigenvalue weighted by molar-refractivity contribution is 0.0996. The van der Waals surface area contributed by atoms with Gasteiger partial charge in [-0.25, -0.2) is 12.8 Å². The molecular formula is C13H9Cl2FN2O3S. The third kappa shape index (κ3) is 3.49. The number of halogens is 3. The molecule has 9 heteroatoms. The lowest BCUT2D eigenvalue weighted by Crippen LogP contribution is -2.16. The first-order chi connectivity index (χ1) is 10.2. The van der Waals surface area contributed by atoms with Gasteiger partial charge in [0, 0.05) is 5.69 Å². The summed E-state index contributed by atoms with van der Waals surface area (Å²) in [6.07, 6.45) is 0. The Morgan fingerprint density at radius 3 is 2.36 bits per heavy atom. The van der Waals surface area contributed by atoms with Gasteiger partial charge in [0.15, 0.2) is 0 Å². The van der Waals surface area contributed by atoms with Crippen molar-refractivity contribution in [3.63, 3.8) is 0 Å². The number of amides is 1. The molecular weight excluding hydrogens is 354 g/mol. The highest BCUT2D eigenvalue weighted by Gasteiger charge is 2.17. The molecule has 2 rings (SSSR count).